The van der Waals surface area contributed by atoms with Crippen LogP contribution in [-0.4, -0.2) is 25.0 Å². The average molecular weight is 332 g/mol. The Morgan fingerprint density at radius 1 is 1.12 bits per heavy atom. The van der Waals surface area contributed by atoms with Crippen molar-refractivity contribution >= 4 is 17.6 Å². The highest BCUT2D eigenvalue weighted by Gasteiger charge is 2.02. The van der Waals surface area contributed by atoms with Crippen LogP contribution < -0.4 is 16.0 Å². The first-order valence-corrected chi connectivity index (χ1v) is 8.96. The van der Waals surface area contributed by atoms with Crippen LogP contribution in [0.25, 0.3) is 0 Å². The van der Waals surface area contributed by atoms with Gasteiger partial charge in [0.05, 0.1) is 6.54 Å². The first-order valence-electron chi connectivity index (χ1n) is 8.96. The van der Waals surface area contributed by atoms with Crippen molar-refractivity contribution in [2.75, 3.05) is 18.4 Å². The third-order valence-electron chi connectivity index (χ3n) is 3.49. The average Bonchev–Trinajstić information content (AvgIpc) is 2.54. The predicted molar refractivity (Wildman–Crippen MR) is 102 cm³/mol. The minimum atomic E-state index is 0.0621. The molecule has 0 unspecified atom stereocenters. The molecule has 24 heavy (non-hydrogen) atoms. The number of anilines is 1. The maximum Gasteiger partial charge on any atom is 0.224 e. The number of guanidine groups is 1. The summed E-state index contributed by atoms with van der Waals surface area (Å²) in [6.07, 6.45) is 2.53. The highest BCUT2D eigenvalue weighted by molar-refractivity contribution is 5.90. The van der Waals surface area contributed by atoms with Gasteiger partial charge in [0.1, 0.15) is 0 Å². The molecule has 0 saturated heterocycles. The molecular weight excluding hydrogens is 300 g/mol. The molecule has 0 radical (unpaired) electrons. The lowest BCUT2D eigenvalue weighted by Gasteiger charge is -2.12. The molecule has 1 rings (SSSR count). The summed E-state index contributed by atoms with van der Waals surface area (Å²) in [6, 6.07) is 7.86. The number of rotatable bonds is 9. The number of benzene rings is 1. The summed E-state index contributed by atoms with van der Waals surface area (Å²) in [5.74, 6) is 1.58. The number of nitrogens with zero attached hydrogens (tertiary/aromatic N) is 1. The SMILES string of the molecule is CCCC(=O)Nc1ccc(CN=C(NCC)NCCC(C)C)cc1. The molecular formula is C19H32N4O. The summed E-state index contributed by atoms with van der Waals surface area (Å²) in [5, 5.41) is 9.51. The van der Waals surface area contributed by atoms with Gasteiger partial charge in [0.15, 0.2) is 5.96 Å². The summed E-state index contributed by atoms with van der Waals surface area (Å²) >= 11 is 0. The first-order chi connectivity index (χ1) is 11.5. The second-order valence-corrected chi connectivity index (χ2v) is 6.30. The molecule has 0 aliphatic heterocycles. The Kier molecular flexibility index (Phi) is 9.58. The van der Waals surface area contributed by atoms with Gasteiger partial charge < -0.3 is 16.0 Å². The van der Waals surface area contributed by atoms with E-state index in [2.05, 4.69) is 41.7 Å². The van der Waals surface area contributed by atoms with Crippen LogP contribution in [0.1, 0.15) is 52.5 Å². The lowest BCUT2D eigenvalue weighted by molar-refractivity contribution is -0.116. The van der Waals surface area contributed by atoms with Crippen LogP contribution in [0.3, 0.4) is 0 Å². The Bertz CT molecular complexity index is 509. The number of carbonyl (C=O) groups excluding carboxylic acids is 1. The standard InChI is InChI=1S/C19H32N4O/c1-5-7-18(24)23-17-10-8-16(9-11-17)14-22-19(20-6-2)21-13-12-15(3)4/h8-11,15H,5-7,12-14H2,1-4H3,(H,23,24)(H2,20,21,22). The minimum absolute atomic E-state index is 0.0621. The van der Waals surface area contributed by atoms with E-state index in [0.29, 0.717) is 18.9 Å². The van der Waals surface area contributed by atoms with Gasteiger partial charge in [-0.05, 0) is 43.4 Å². The fraction of sp³-hybridized carbons (Fsp3) is 0.579. The van der Waals surface area contributed by atoms with Gasteiger partial charge in [-0.1, -0.05) is 32.9 Å². The molecule has 0 aromatic heterocycles. The Morgan fingerprint density at radius 2 is 1.83 bits per heavy atom. The van der Waals surface area contributed by atoms with E-state index in [1.807, 2.05) is 31.2 Å². The third-order valence-corrected chi connectivity index (χ3v) is 3.49. The summed E-state index contributed by atoms with van der Waals surface area (Å²) < 4.78 is 0. The normalized spacial score (nSPS) is 11.5. The van der Waals surface area contributed by atoms with Gasteiger partial charge in [-0.2, -0.15) is 0 Å². The van der Waals surface area contributed by atoms with E-state index in [0.717, 1.165) is 43.1 Å². The highest BCUT2D eigenvalue weighted by Crippen LogP contribution is 2.11. The molecule has 0 saturated carbocycles. The molecule has 0 fully saturated rings. The molecule has 134 valence electrons. The van der Waals surface area contributed by atoms with E-state index < -0.39 is 0 Å². The molecule has 1 amide bonds. The van der Waals surface area contributed by atoms with Crippen LogP contribution in [-0.2, 0) is 11.3 Å². The van der Waals surface area contributed by atoms with Crippen LogP contribution in [0.4, 0.5) is 5.69 Å². The monoisotopic (exact) mass is 332 g/mol. The Labute approximate surface area is 146 Å². The minimum Gasteiger partial charge on any atom is -0.357 e. The molecule has 1 aromatic carbocycles. The number of nitrogens with one attached hydrogen (secondary N) is 3. The molecule has 0 bridgehead atoms. The van der Waals surface area contributed by atoms with Crippen molar-refractivity contribution in [1.29, 1.82) is 0 Å². The van der Waals surface area contributed by atoms with Crippen LogP contribution in [0, 0.1) is 5.92 Å². The van der Waals surface area contributed by atoms with Crippen molar-refractivity contribution in [3.63, 3.8) is 0 Å². The second kappa shape index (κ2) is 11.5. The smallest absolute Gasteiger partial charge is 0.224 e. The van der Waals surface area contributed by atoms with E-state index in [4.69, 9.17) is 0 Å². The van der Waals surface area contributed by atoms with Crippen LogP contribution in [0.15, 0.2) is 29.3 Å². The first kappa shape index (κ1) is 20.0. The number of aliphatic imine (C=N–C) groups is 1. The van der Waals surface area contributed by atoms with Gasteiger partial charge >= 0.3 is 0 Å². The second-order valence-electron chi connectivity index (χ2n) is 6.30. The van der Waals surface area contributed by atoms with Gasteiger partial charge in [0.2, 0.25) is 5.91 Å². The topological polar surface area (TPSA) is 65.5 Å². The summed E-state index contributed by atoms with van der Waals surface area (Å²) in [4.78, 5) is 16.2. The Hall–Kier alpha value is -2.04. The molecule has 0 aliphatic rings. The number of amides is 1. The number of hydrogen-bond acceptors (Lipinski definition) is 2. The zero-order valence-corrected chi connectivity index (χ0v) is 15.5. The van der Waals surface area contributed by atoms with E-state index in [1.165, 1.54) is 0 Å². The quantitative estimate of drug-likeness (QED) is 0.479. The molecule has 0 heterocycles. The van der Waals surface area contributed by atoms with E-state index in [1.54, 1.807) is 0 Å². The molecule has 3 N–H and O–H groups in total. The van der Waals surface area contributed by atoms with Crippen molar-refractivity contribution in [2.24, 2.45) is 10.9 Å². The lowest BCUT2D eigenvalue weighted by Crippen LogP contribution is -2.38. The maximum absolute atomic E-state index is 11.6. The van der Waals surface area contributed by atoms with Crippen LogP contribution in [0.5, 0.6) is 0 Å². The van der Waals surface area contributed by atoms with Crippen molar-refractivity contribution in [3.8, 4) is 0 Å². The molecule has 5 heteroatoms. The van der Waals surface area contributed by atoms with Crippen molar-refractivity contribution in [2.45, 2.75) is 53.5 Å². The van der Waals surface area contributed by atoms with Gasteiger partial charge in [-0.3, -0.25) is 4.79 Å². The van der Waals surface area contributed by atoms with Gasteiger partial charge in [-0.25, -0.2) is 4.99 Å². The van der Waals surface area contributed by atoms with Crippen LogP contribution >= 0.6 is 0 Å². The zero-order valence-electron chi connectivity index (χ0n) is 15.5. The van der Waals surface area contributed by atoms with Gasteiger partial charge in [-0.15, -0.1) is 0 Å². The Morgan fingerprint density at radius 3 is 2.42 bits per heavy atom. The van der Waals surface area contributed by atoms with Crippen LogP contribution in [0.2, 0.25) is 0 Å². The van der Waals surface area contributed by atoms with Crippen molar-refractivity contribution in [1.82, 2.24) is 10.6 Å². The van der Waals surface area contributed by atoms with Crippen molar-refractivity contribution < 1.29 is 4.79 Å². The van der Waals surface area contributed by atoms with Gasteiger partial charge in [0.25, 0.3) is 0 Å². The molecule has 0 spiro atoms. The fourth-order valence-electron chi connectivity index (χ4n) is 2.14. The number of carbonyl (C=O) groups is 1. The fourth-order valence-corrected chi connectivity index (χ4v) is 2.14. The largest absolute Gasteiger partial charge is 0.357 e. The van der Waals surface area contributed by atoms with E-state index in [-0.39, 0.29) is 5.91 Å². The van der Waals surface area contributed by atoms with E-state index >= 15 is 0 Å². The predicted octanol–water partition coefficient (Wildman–Crippen LogP) is 3.53. The molecule has 0 atom stereocenters. The molecule has 5 nitrogen and oxygen atoms in total. The highest BCUT2D eigenvalue weighted by atomic mass is 16.1. The number of hydrogen-bond donors (Lipinski definition) is 3. The Balaban J connectivity index is 2.54. The lowest BCUT2D eigenvalue weighted by atomic mass is 10.1. The summed E-state index contributed by atoms with van der Waals surface area (Å²) in [6.45, 7) is 10.9. The maximum atomic E-state index is 11.6. The zero-order chi connectivity index (χ0) is 17.8. The summed E-state index contributed by atoms with van der Waals surface area (Å²) in [5.41, 5.74) is 1.95. The molecule has 1 aromatic rings. The van der Waals surface area contributed by atoms with E-state index in [9.17, 15) is 4.79 Å². The summed E-state index contributed by atoms with van der Waals surface area (Å²) in [7, 11) is 0. The third kappa shape index (κ3) is 8.56. The van der Waals surface area contributed by atoms with Gasteiger partial charge in [0, 0.05) is 25.2 Å². The van der Waals surface area contributed by atoms with Crippen molar-refractivity contribution in [3.05, 3.63) is 29.8 Å². The molecule has 0 aliphatic carbocycles.